The molecule has 0 bridgehead atoms. The van der Waals surface area contributed by atoms with E-state index in [0.717, 1.165) is 24.9 Å². The molecule has 0 radical (unpaired) electrons. The molecule has 1 saturated heterocycles. The third kappa shape index (κ3) is 0.838. The minimum absolute atomic E-state index is 0.0954. The van der Waals surface area contributed by atoms with Crippen LogP contribution in [0.2, 0.25) is 0 Å². The van der Waals surface area contributed by atoms with E-state index in [1.54, 1.807) is 0 Å². The largest absolute Gasteiger partial charge is 0.339 e. The Morgan fingerprint density at radius 1 is 1.50 bits per heavy atom. The van der Waals surface area contributed by atoms with Crippen molar-refractivity contribution in [1.29, 1.82) is 0 Å². The molecule has 2 aliphatic rings. The second-order valence-electron chi connectivity index (χ2n) is 4.48. The van der Waals surface area contributed by atoms with E-state index in [-0.39, 0.29) is 5.91 Å². The minimum atomic E-state index is 0.0954. The van der Waals surface area contributed by atoms with Gasteiger partial charge in [-0.3, -0.25) is 4.79 Å². The van der Waals surface area contributed by atoms with E-state index in [4.69, 9.17) is 0 Å². The van der Waals surface area contributed by atoms with Gasteiger partial charge < -0.3 is 4.90 Å². The van der Waals surface area contributed by atoms with Crippen LogP contribution in [0.3, 0.4) is 0 Å². The molecule has 2 unspecified atom stereocenters. The van der Waals surface area contributed by atoms with E-state index in [1.807, 2.05) is 4.90 Å². The van der Waals surface area contributed by atoms with Crippen molar-refractivity contribution in [2.45, 2.75) is 13.8 Å². The molecule has 0 N–H and O–H groups in total. The number of likely N-dealkylation sites (tertiary alicyclic amines) is 1. The highest BCUT2D eigenvalue weighted by atomic mass is 16.2. The predicted octanol–water partition coefficient (Wildman–Crippen LogP) is 1.29. The molecule has 0 aromatic rings. The van der Waals surface area contributed by atoms with Gasteiger partial charge in [0.25, 0.3) is 0 Å². The van der Waals surface area contributed by atoms with E-state index in [0.29, 0.717) is 5.41 Å². The lowest BCUT2D eigenvalue weighted by molar-refractivity contribution is -0.125. The first kappa shape index (κ1) is 7.84. The quantitative estimate of drug-likeness (QED) is 0.536. The Morgan fingerprint density at radius 2 is 2.00 bits per heavy atom. The number of amides is 1. The topological polar surface area (TPSA) is 20.3 Å². The summed E-state index contributed by atoms with van der Waals surface area (Å²) in [5, 5.41) is 0. The van der Waals surface area contributed by atoms with Crippen molar-refractivity contribution in [1.82, 2.24) is 4.90 Å². The van der Waals surface area contributed by atoms with Crippen molar-refractivity contribution >= 4 is 5.91 Å². The van der Waals surface area contributed by atoms with Crippen LogP contribution in [0.4, 0.5) is 0 Å². The summed E-state index contributed by atoms with van der Waals surface area (Å²) in [4.78, 5) is 13.1. The molecular weight excluding hydrogens is 150 g/mol. The highest BCUT2D eigenvalue weighted by Crippen LogP contribution is 2.61. The summed E-state index contributed by atoms with van der Waals surface area (Å²) < 4.78 is 0. The van der Waals surface area contributed by atoms with Crippen molar-refractivity contribution in [3.8, 4) is 0 Å². The lowest BCUT2D eigenvalue weighted by atomic mass is 10.1. The molecule has 2 rings (SSSR count). The van der Waals surface area contributed by atoms with Crippen molar-refractivity contribution in [2.24, 2.45) is 17.3 Å². The molecule has 1 amide bonds. The fourth-order valence-electron chi connectivity index (χ4n) is 2.44. The molecule has 66 valence electrons. The van der Waals surface area contributed by atoms with Crippen LogP contribution in [0.15, 0.2) is 12.7 Å². The smallest absolute Gasteiger partial charge is 0.245 e. The molecule has 0 spiro atoms. The number of piperidine rings is 1. The molecule has 0 aromatic heterocycles. The van der Waals surface area contributed by atoms with E-state index >= 15 is 0 Å². The second-order valence-corrected chi connectivity index (χ2v) is 4.48. The van der Waals surface area contributed by atoms with Gasteiger partial charge in [-0.05, 0) is 23.3 Å². The van der Waals surface area contributed by atoms with Crippen LogP contribution in [0.1, 0.15) is 13.8 Å². The molecule has 2 nitrogen and oxygen atoms in total. The lowest BCUT2D eigenvalue weighted by Gasteiger charge is -2.20. The Hall–Kier alpha value is -0.790. The van der Waals surface area contributed by atoms with Crippen LogP contribution in [0.5, 0.6) is 0 Å². The van der Waals surface area contributed by atoms with Gasteiger partial charge in [0.2, 0.25) is 5.91 Å². The van der Waals surface area contributed by atoms with E-state index in [2.05, 4.69) is 20.4 Å². The summed E-state index contributed by atoms with van der Waals surface area (Å²) in [5.74, 6) is 1.60. The summed E-state index contributed by atoms with van der Waals surface area (Å²) in [5.41, 5.74) is 0.498. The van der Waals surface area contributed by atoms with Crippen LogP contribution in [-0.4, -0.2) is 23.9 Å². The van der Waals surface area contributed by atoms with Gasteiger partial charge >= 0.3 is 0 Å². The number of hydrogen-bond acceptors (Lipinski definition) is 1. The van der Waals surface area contributed by atoms with Crippen LogP contribution < -0.4 is 0 Å². The maximum Gasteiger partial charge on any atom is 0.245 e. The third-order valence-corrected chi connectivity index (χ3v) is 3.61. The van der Waals surface area contributed by atoms with Gasteiger partial charge in [0.15, 0.2) is 0 Å². The fraction of sp³-hybridized carbons (Fsp3) is 0.700. The maximum absolute atomic E-state index is 11.2. The van der Waals surface area contributed by atoms with Gasteiger partial charge in [-0.15, -0.1) is 0 Å². The number of carbonyl (C=O) groups excluding carboxylic acids is 1. The zero-order valence-electron chi connectivity index (χ0n) is 7.71. The highest BCUT2D eigenvalue weighted by molar-refractivity contribution is 5.87. The molecule has 2 fully saturated rings. The summed E-state index contributed by atoms with van der Waals surface area (Å²) >= 11 is 0. The van der Waals surface area contributed by atoms with Gasteiger partial charge in [0.05, 0.1) is 0 Å². The monoisotopic (exact) mass is 165 g/mol. The normalized spacial score (nSPS) is 36.0. The molecule has 1 saturated carbocycles. The minimum Gasteiger partial charge on any atom is -0.339 e. The standard InChI is InChI=1S/C10H15NO/c1-4-9(12)11-5-7-8(6-11)10(7,2)3/h4,7-8H,1,5-6H2,2-3H3. The molecule has 0 aromatic carbocycles. The zero-order valence-corrected chi connectivity index (χ0v) is 7.71. The molecule has 2 atom stereocenters. The van der Waals surface area contributed by atoms with Crippen molar-refractivity contribution in [3.63, 3.8) is 0 Å². The van der Waals surface area contributed by atoms with E-state index < -0.39 is 0 Å². The first-order valence-corrected chi connectivity index (χ1v) is 4.48. The van der Waals surface area contributed by atoms with Gasteiger partial charge in [-0.1, -0.05) is 20.4 Å². The molecule has 2 heteroatoms. The Balaban J connectivity index is 1.98. The van der Waals surface area contributed by atoms with Gasteiger partial charge in [0.1, 0.15) is 0 Å². The molecule has 1 aliphatic carbocycles. The Kier molecular flexibility index (Phi) is 1.39. The second kappa shape index (κ2) is 2.12. The Bertz CT molecular complexity index is 230. The lowest BCUT2D eigenvalue weighted by Crippen LogP contribution is -2.31. The van der Waals surface area contributed by atoms with Crippen molar-refractivity contribution in [3.05, 3.63) is 12.7 Å². The van der Waals surface area contributed by atoms with Crippen LogP contribution in [0, 0.1) is 17.3 Å². The summed E-state index contributed by atoms with van der Waals surface area (Å²) in [6, 6.07) is 0. The van der Waals surface area contributed by atoms with Gasteiger partial charge in [-0.2, -0.15) is 0 Å². The first-order valence-electron chi connectivity index (χ1n) is 4.48. The number of carbonyl (C=O) groups is 1. The van der Waals surface area contributed by atoms with Crippen molar-refractivity contribution in [2.75, 3.05) is 13.1 Å². The number of fused-ring (bicyclic) bond motifs is 1. The molecule has 1 aliphatic heterocycles. The Morgan fingerprint density at radius 3 is 2.42 bits per heavy atom. The van der Waals surface area contributed by atoms with Gasteiger partial charge in [-0.25, -0.2) is 0 Å². The van der Waals surface area contributed by atoms with Crippen LogP contribution >= 0.6 is 0 Å². The summed E-state index contributed by atoms with van der Waals surface area (Å²) in [6.07, 6.45) is 1.41. The molecular formula is C10H15NO. The molecule has 1 heterocycles. The zero-order chi connectivity index (χ0) is 8.93. The number of rotatable bonds is 1. The van der Waals surface area contributed by atoms with E-state index in [9.17, 15) is 4.79 Å². The first-order chi connectivity index (χ1) is 5.57. The van der Waals surface area contributed by atoms with E-state index in [1.165, 1.54) is 6.08 Å². The third-order valence-electron chi connectivity index (χ3n) is 3.61. The van der Waals surface area contributed by atoms with Crippen LogP contribution in [0.25, 0.3) is 0 Å². The van der Waals surface area contributed by atoms with Gasteiger partial charge in [0, 0.05) is 13.1 Å². The number of nitrogens with zero attached hydrogens (tertiary/aromatic N) is 1. The highest BCUT2D eigenvalue weighted by Gasteiger charge is 2.62. The van der Waals surface area contributed by atoms with Crippen molar-refractivity contribution < 1.29 is 4.79 Å². The Labute approximate surface area is 73.2 Å². The predicted molar refractivity (Wildman–Crippen MR) is 47.5 cm³/mol. The molecule has 12 heavy (non-hydrogen) atoms. The SMILES string of the molecule is C=CC(=O)N1CC2C(C1)C2(C)C. The average Bonchev–Trinajstić information content (AvgIpc) is 2.52. The summed E-state index contributed by atoms with van der Waals surface area (Å²) in [6.45, 7) is 9.96. The summed E-state index contributed by atoms with van der Waals surface area (Å²) in [7, 11) is 0. The maximum atomic E-state index is 11.2. The number of hydrogen-bond donors (Lipinski definition) is 0. The van der Waals surface area contributed by atoms with Crippen LogP contribution in [-0.2, 0) is 4.79 Å². The average molecular weight is 165 g/mol. The fourth-order valence-corrected chi connectivity index (χ4v) is 2.44.